The molecule has 0 fully saturated rings. The molecule has 0 aromatic rings. The van der Waals surface area contributed by atoms with Crippen LogP contribution in [0.3, 0.4) is 0 Å². The molecule has 0 amide bonds. The van der Waals surface area contributed by atoms with Gasteiger partial charge in [-0.15, -0.1) is 12.6 Å². The van der Waals surface area contributed by atoms with Gasteiger partial charge in [-0.25, -0.2) is 0 Å². The standard InChI is InChI=1S/C4H6O3S.Na.H/c5-3(6)1-2-4(7)8;;/h1-2H2,(H,5,6)(H,7,8);;. The summed E-state index contributed by atoms with van der Waals surface area (Å²) < 4.78 is 0. The number of hydrogen-bond acceptors (Lipinski definition) is 2. The molecule has 0 aliphatic heterocycles. The van der Waals surface area contributed by atoms with Crippen molar-refractivity contribution in [1.82, 2.24) is 0 Å². The van der Waals surface area contributed by atoms with Crippen LogP contribution in [0.2, 0.25) is 0 Å². The van der Waals surface area contributed by atoms with Crippen molar-refractivity contribution in [3.05, 3.63) is 0 Å². The van der Waals surface area contributed by atoms with Crippen LogP contribution in [0.5, 0.6) is 0 Å². The zero-order valence-electron chi connectivity index (χ0n) is 4.13. The summed E-state index contributed by atoms with van der Waals surface area (Å²) in [6.07, 6.45) is -0.110. The number of rotatable bonds is 3. The normalized spacial score (nSPS) is 7.67. The van der Waals surface area contributed by atoms with E-state index < -0.39 is 5.97 Å². The molecule has 0 unspecified atom stereocenters. The first-order valence-electron chi connectivity index (χ1n) is 2.06. The predicted octanol–water partition coefficient (Wildman–Crippen LogP) is -0.341. The Hall–Kier alpha value is 0.490. The quantitative estimate of drug-likeness (QED) is 0.436. The number of carbonyl (C=O) groups is 2. The third-order valence-corrected chi connectivity index (χ3v) is 0.776. The number of carboxylic acids is 1. The van der Waals surface area contributed by atoms with E-state index in [1.165, 1.54) is 0 Å². The Morgan fingerprint density at radius 2 is 1.78 bits per heavy atom. The first kappa shape index (κ1) is 12.2. The van der Waals surface area contributed by atoms with Gasteiger partial charge in [0.05, 0.1) is 6.42 Å². The third-order valence-electron chi connectivity index (χ3n) is 0.553. The molecule has 3 nitrogen and oxygen atoms in total. The Bertz CT molecular complexity index is 100. The van der Waals surface area contributed by atoms with Gasteiger partial charge < -0.3 is 5.11 Å². The fraction of sp³-hybridized carbons (Fsp3) is 0.500. The fourth-order valence-electron chi connectivity index (χ4n) is 0.214. The van der Waals surface area contributed by atoms with Gasteiger partial charge in [0.15, 0.2) is 5.12 Å². The first-order chi connectivity index (χ1) is 3.63. The zero-order chi connectivity index (χ0) is 6.57. The Morgan fingerprint density at radius 1 is 1.33 bits per heavy atom. The van der Waals surface area contributed by atoms with Crippen LogP contribution < -0.4 is 0 Å². The molecule has 48 valence electrons. The topological polar surface area (TPSA) is 54.4 Å². The average Bonchev–Trinajstić information content (AvgIpc) is 1.61. The minimum atomic E-state index is -0.965. The van der Waals surface area contributed by atoms with Gasteiger partial charge in [0.2, 0.25) is 0 Å². The van der Waals surface area contributed by atoms with Crippen molar-refractivity contribution in [2.45, 2.75) is 12.8 Å². The van der Waals surface area contributed by atoms with Crippen molar-refractivity contribution in [2.75, 3.05) is 0 Å². The Morgan fingerprint density at radius 3 is 1.89 bits per heavy atom. The maximum atomic E-state index is 9.95. The van der Waals surface area contributed by atoms with Crippen LogP contribution >= 0.6 is 12.6 Å². The van der Waals surface area contributed by atoms with Gasteiger partial charge in [0.25, 0.3) is 0 Å². The summed E-state index contributed by atoms with van der Waals surface area (Å²) in [6.45, 7) is 0. The van der Waals surface area contributed by atoms with Crippen molar-refractivity contribution in [2.24, 2.45) is 0 Å². The van der Waals surface area contributed by atoms with E-state index in [0.717, 1.165) is 0 Å². The number of carbonyl (C=O) groups excluding carboxylic acids is 1. The van der Waals surface area contributed by atoms with Crippen LogP contribution in [0.1, 0.15) is 12.8 Å². The van der Waals surface area contributed by atoms with Gasteiger partial charge >= 0.3 is 35.5 Å². The van der Waals surface area contributed by atoms with E-state index in [4.69, 9.17) is 5.11 Å². The predicted molar refractivity (Wildman–Crippen MR) is 38.0 cm³/mol. The molecule has 0 aromatic carbocycles. The molecule has 0 heterocycles. The molecule has 0 bridgehead atoms. The Kier molecular flexibility index (Phi) is 8.95. The summed E-state index contributed by atoms with van der Waals surface area (Å²) in [5.74, 6) is -0.965. The molecule has 0 aliphatic rings. The monoisotopic (exact) mass is 158 g/mol. The Balaban J connectivity index is 0. The van der Waals surface area contributed by atoms with E-state index >= 15 is 0 Å². The summed E-state index contributed by atoms with van der Waals surface area (Å²) >= 11 is 3.37. The third kappa shape index (κ3) is 11.9. The molecule has 0 radical (unpaired) electrons. The maximum absolute atomic E-state index is 9.95. The van der Waals surface area contributed by atoms with Crippen molar-refractivity contribution in [3.8, 4) is 0 Å². The van der Waals surface area contributed by atoms with Gasteiger partial charge in [-0.05, 0) is 0 Å². The summed E-state index contributed by atoms with van der Waals surface area (Å²) in [5.41, 5.74) is 0. The van der Waals surface area contributed by atoms with Crippen LogP contribution in [0.4, 0.5) is 0 Å². The van der Waals surface area contributed by atoms with Crippen LogP contribution in [-0.4, -0.2) is 45.7 Å². The summed E-state index contributed by atoms with van der Waals surface area (Å²) in [7, 11) is 0. The van der Waals surface area contributed by atoms with E-state index in [2.05, 4.69) is 12.6 Å². The van der Waals surface area contributed by atoms with E-state index in [1.54, 1.807) is 0 Å². The van der Waals surface area contributed by atoms with E-state index in [1.807, 2.05) is 0 Å². The SMILES string of the molecule is O=C(O)CCC(=O)S.[NaH]. The van der Waals surface area contributed by atoms with Crippen LogP contribution in [0.25, 0.3) is 0 Å². The van der Waals surface area contributed by atoms with E-state index in [0.29, 0.717) is 0 Å². The van der Waals surface area contributed by atoms with Crippen LogP contribution in [0, 0.1) is 0 Å². The second kappa shape index (κ2) is 6.61. The van der Waals surface area contributed by atoms with Gasteiger partial charge in [0, 0.05) is 6.42 Å². The fourth-order valence-corrected chi connectivity index (χ4v) is 0.326. The van der Waals surface area contributed by atoms with Crippen molar-refractivity contribution >= 4 is 53.3 Å². The molecule has 0 saturated heterocycles. The number of thiol groups is 1. The second-order valence-electron chi connectivity index (χ2n) is 1.29. The number of hydrogen-bond donors (Lipinski definition) is 2. The van der Waals surface area contributed by atoms with E-state index in [-0.39, 0.29) is 47.5 Å². The molecule has 0 aliphatic carbocycles. The minimum absolute atomic E-state index is 0. The van der Waals surface area contributed by atoms with Gasteiger partial charge in [0.1, 0.15) is 0 Å². The molecular weight excluding hydrogens is 151 g/mol. The van der Waals surface area contributed by atoms with Crippen molar-refractivity contribution in [1.29, 1.82) is 0 Å². The van der Waals surface area contributed by atoms with Crippen molar-refractivity contribution in [3.63, 3.8) is 0 Å². The molecule has 0 atom stereocenters. The van der Waals surface area contributed by atoms with Gasteiger partial charge in [-0.1, -0.05) is 0 Å². The molecule has 1 N–H and O–H groups in total. The number of aliphatic carboxylic acids is 1. The first-order valence-corrected chi connectivity index (χ1v) is 2.51. The molecule has 5 heteroatoms. The summed E-state index contributed by atoms with van der Waals surface area (Å²) in [5, 5.41) is 7.59. The Labute approximate surface area is 80.5 Å². The molecule has 0 saturated carbocycles. The molecule has 0 spiro atoms. The summed E-state index contributed by atoms with van der Waals surface area (Å²) in [4.78, 5) is 19.7. The van der Waals surface area contributed by atoms with Crippen molar-refractivity contribution < 1.29 is 14.7 Å². The average molecular weight is 158 g/mol. The van der Waals surface area contributed by atoms with Gasteiger partial charge in [-0.3, -0.25) is 9.59 Å². The van der Waals surface area contributed by atoms with Crippen LogP contribution in [-0.2, 0) is 9.59 Å². The van der Waals surface area contributed by atoms with Gasteiger partial charge in [-0.2, -0.15) is 0 Å². The summed E-state index contributed by atoms with van der Waals surface area (Å²) in [6, 6.07) is 0. The van der Waals surface area contributed by atoms with Crippen LogP contribution in [0.15, 0.2) is 0 Å². The second-order valence-corrected chi connectivity index (χ2v) is 1.79. The molecule has 0 rings (SSSR count). The molecule has 0 aromatic heterocycles. The zero-order valence-corrected chi connectivity index (χ0v) is 5.02. The van der Waals surface area contributed by atoms with E-state index in [9.17, 15) is 9.59 Å². The number of carboxylic acid groups (broad SMARTS) is 1. The molecular formula is C4H7NaO3S. The molecule has 9 heavy (non-hydrogen) atoms.